The van der Waals surface area contributed by atoms with Crippen LogP contribution in [0.3, 0.4) is 0 Å². The molecule has 1 N–H and O–H groups in total. The van der Waals surface area contributed by atoms with E-state index in [2.05, 4.69) is 32.9 Å². The summed E-state index contributed by atoms with van der Waals surface area (Å²) in [5.74, 6) is -2.80. The third kappa shape index (κ3) is 16.0. The highest BCUT2D eigenvalue weighted by atomic mass is 16.6. The first-order chi connectivity index (χ1) is 20.0. The summed E-state index contributed by atoms with van der Waals surface area (Å²) in [4.78, 5) is 57.8. The maximum atomic E-state index is 11.7. The first-order valence-corrected chi connectivity index (χ1v) is 13.8. The standard InChI is InChI=1S/C17H24O7.C16H26O4/c1-11(2)14(19)22-8-17(7-18,9-23-15(20)12(3)4)10-24-16(21)13(5)6;1-10(2)13(20-15(18)12(5)6)16(7,8)9-19-14(17)11(3)4/h18H,1,3,5,7-10H2,2,4,6H3;10,13H,3,5,9H2,1-2,4,6-8H3. The molecule has 248 valence electrons. The lowest BCUT2D eigenvalue weighted by Gasteiger charge is -2.36. The summed E-state index contributed by atoms with van der Waals surface area (Å²) in [6.07, 6.45) is -0.371. The van der Waals surface area contributed by atoms with Crippen molar-refractivity contribution in [2.45, 2.75) is 68.4 Å². The maximum absolute atomic E-state index is 11.7. The van der Waals surface area contributed by atoms with Gasteiger partial charge in [0, 0.05) is 33.3 Å². The van der Waals surface area contributed by atoms with Crippen LogP contribution >= 0.6 is 0 Å². The fraction of sp³-hybridized carbons (Fsp3) is 0.545. The minimum absolute atomic E-state index is 0.0943. The lowest BCUT2D eigenvalue weighted by Crippen LogP contribution is -2.42. The minimum atomic E-state index is -1.30. The van der Waals surface area contributed by atoms with Crippen LogP contribution in [0.5, 0.6) is 0 Å². The molecule has 0 aliphatic carbocycles. The van der Waals surface area contributed by atoms with Gasteiger partial charge in [0.25, 0.3) is 0 Å². The van der Waals surface area contributed by atoms with E-state index in [4.69, 9.17) is 23.7 Å². The average molecular weight is 623 g/mol. The van der Waals surface area contributed by atoms with E-state index in [0.717, 1.165) is 0 Å². The molecule has 44 heavy (non-hydrogen) atoms. The van der Waals surface area contributed by atoms with Gasteiger partial charge in [0.2, 0.25) is 0 Å². The molecular formula is C33H50O11. The Balaban J connectivity index is 0. The smallest absolute Gasteiger partial charge is 0.333 e. The predicted octanol–water partition coefficient (Wildman–Crippen LogP) is 4.60. The molecule has 0 aromatic heterocycles. The molecule has 11 heteroatoms. The van der Waals surface area contributed by atoms with Crippen molar-refractivity contribution in [2.75, 3.05) is 33.0 Å². The van der Waals surface area contributed by atoms with Crippen molar-refractivity contribution >= 4 is 29.8 Å². The largest absolute Gasteiger partial charge is 0.462 e. The van der Waals surface area contributed by atoms with Crippen LogP contribution in [0.25, 0.3) is 0 Å². The minimum Gasteiger partial charge on any atom is -0.462 e. The number of aliphatic hydroxyl groups is 1. The monoisotopic (exact) mass is 622 g/mol. The van der Waals surface area contributed by atoms with Gasteiger partial charge in [-0.1, -0.05) is 60.6 Å². The third-order valence-corrected chi connectivity index (χ3v) is 5.79. The van der Waals surface area contributed by atoms with E-state index in [0.29, 0.717) is 11.1 Å². The summed E-state index contributed by atoms with van der Waals surface area (Å²) in [6, 6.07) is 0. The Hall–Kier alpha value is -3.99. The second-order valence-electron chi connectivity index (χ2n) is 11.9. The molecule has 0 saturated carbocycles. The Kier molecular flexibility index (Phi) is 18.5. The van der Waals surface area contributed by atoms with Crippen molar-refractivity contribution in [3.05, 3.63) is 60.8 Å². The Labute approximate surface area is 261 Å². The van der Waals surface area contributed by atoms with Crippen LogP contribution in [0.1, 0.15) is 62.3 Å². The summed E-state index contributed by atoms with van der Waals surface area (Å²) in [7, 11) is 0. The molecule has 0 saturated heterocycles. The zero-order chi connectivity index (χ0) is 35.0. The molecule has 0 aromatic carbocycles. The van der Waals surface area contributed by atoms with Gasteiger partial charge in [-0.05, 0) is 40.5 Å². The molecule has 0 heterocycles. The molecule has 0 fully saturated rings. The highest BCUT2D eigenvalue weighted by Crippen LogP contribution is 2.30. The summed E-state index contributed by atoms with van der Waals surface area (Å²) in [5.41, 5.74) is -0.601. The van der Waals surface area contributed by atoms with E-state index in [1.165, 1.54) is 20.8 Å². The van der Waals surface area contributed by atoms with E-state index in [9.17, 15) is 29.1 Å². The summed E-state index contributed by atoms with van der Waals surface area (Å²) in [5, 5.41) is 9.69. The average Bonchev–Trinajstić information content (AvgIpc) is 2.93. The van der Waals surface area contributed by atoms with Crippen LogP contribution in [0.15, 0.2) is 60.8 Å². The number of hydrogen-bond donors (Lipinski definition) is 1. The molecule has 0 aliphatic rings. The molecule has 0 spiro atoms. The number of carbonyl (C=O) groups excluding carboxylic acids is 5. The van der Waals surface area contributed by atoms with Crippen molar-refractivity contribution in [2.24, 2.45) is 16.7 Å². The van der Waals surface area contributed by atoms with Crippen LogP contribution in [-0.2, 0) is 47.7 Å². The van der Waals surface area contributed by atoms with Crippen molar-refractivity contribution in [3.8, 4) is 0 Å². The zero-order valence-corrected chi connectivity index (χ0v) is 27.8. The Morgan fingerprint density at radius 1 is 0.568 bits per heavy atom. The van der Waals surface area contributed by atoms with Crippen molar-refractivity contribution < 1.29 is 52.8 Å². The molecule has 1 atom stereocenters. The van der Waals surface area contributed by atoms with Gasteiger partial charge in [-0.25, -0.2) is 24.0 Å². The van der Waals surface area contributed by atoms with E-state index < -0.39 is 47.3 Å². The van der Waals surface area contributed by atoms with Gasteiger partial charge in [0.05, 0.1) is 12.0 Å². The molecule has 0 bridgehead atoms. The number of carbonyl (C=O) groups is 5. The first-order valence-electron chi connectivity index (χ1n) is 13.8. The predicted molar refractivity (Wildman–Crippen MR) is 166 cm³/mol. The van der Waals surface area contributed by atoms with Crippen molar-refractivity contribution in [1.82, 2.24) is 0 Å². The summed E-state index contributed by atoms with van der Waals surface area (Å²) < 4.78 is 25.7. The maximum Gasteiger partial charge on any atom is 0.333 e. The number of ether oxygens (including phenoxy) is 5. The highest BCUT2D eigenvalue weighted by molar-refractivity contribution is 5.88. The Bertz CT molecular complexity index is 1050. The van der Waals surface area contributed by atoms with Gasteiger partial charge < -0.3 is 28.8 Å². The van der Waals surface area contributed by atoms with Crippen molar-refractivity contribution in [3.63, 3.8) is 0 Å². The zero-order valence-electron chi connectivity index (χ0n) is 27.8. The van der Waals surface area contributed by atoms with Gasteiger partial charge in [-0.3, -0.25) is 0 Å². The molecule has 1 unspecified atom stereocenters. The lowest BCUT2D eigenvalue weighted by atomic mass is 9.81. The van der Waals surface area contributed by atoms with Crippen LogP contribution < -0.4 is 0 Å². The Morgan fingerprint density at radius 2 is 0.841 bits per heavy atom. The first kappa shape index (κ1) is 42.1. The van der Waals surface area contributed by atoms with Gasteiger partial charge in [-0.15, -0.1) is 0 Å². The number of rotatable bonds is 17. The number of aliphatic hydroxyl groups excluding tert-OH is 1. The number of hydrogen-bond acceptors (Lipinski definition) is 11. The normalized spacial score (nSPS) is 11.5. The topological polar surface area (TPSA) is 152 Å². The lowest BCUT2D eigenvalue weighted by molar-refractivity contribution is -0.162. The van der Waals surface area contributed by atoms with E-state index in [-0.39, 0.29) is 55.2 Å². The Morgan fingerprint density at radius 3 is 1.07 bits per heavy atom. The van der Waals surface area contributed by atoms with Gasteiger partial charge in [0.1, 0.15) is 32.5 Å². The van der Waals surface area contributed by atoms with Crippen LogP contribution in [-0.4, -0.2) is 74.1 Å². The van der Waals surface area contributed by atoms with Crippen molar-refractivity contribution in [1.29, 1.82) is 0 Å². The van der Waals surface area contributed by atoms with E-state index in [1.807, 2.05) is 27.7 Å². The summed E-state index contributed by atoms with van der Waals surface area (Å²) >= 11 is 0. The highest BCUT2D eigenvalue weighted by Gasteiger charge is 2.37. The van der Waals surface area contributed by atoms with E-state index in [1.54, 1.807) is 13.8 Å². The SMILES string of the molecule is C=C(C)C(=O)OCC(C)(C)C(OC(=O)C(=C)C)C(C)C.C=C(C)C(=O)OCC(CO)(COC(=O)C(=C)C)COC(=O)C(=C)C. The molecule has 0 radical (unpaired) electrons. The molecule has 11 nitrogen and oxygen atoms in total. The molecular weight excluding hydrogens is 572 g/mol. The number of esters is 5. The fourth-order valence-electron chi connectivity index (χ4n) is 3.16. The molecule has 0 aliphatic heterocycles. The van der Waals surface area contributed by atoms with Crippen LogP contribution in [0.2, 0.25) is 0 Å². The molecule has 0 rings (SSSR count). The van der Waals surface area contributed by atoms with Crippen LogP contribution in [0.4, 0.5) is 0 Å². The van der Waals surface area contributed by atoms with Gasteiger partial charge >= 0.3 is 29.8 Å². The van der Waals surface area contributed by atoms with Crippen LogP contribution in [0, 0.1) is 16.7 Å². The van der Waals surface area contributed by atoms with E-state index >= 15 is 0 Å². The second kappa shape index (κ2) is 19.3. The third-order valence-electron chi connectivity index (χ3n) is 5.79. The van der Waals surface area contributed by atoms with Gasteiger partial charge in [-0.2, -0.15) is 0 Å². The quantitative estimate of drug-likeness (QED) is 0.138. The summed E-state index contributed by atoms with van der Waals surface area (Å²) in [6.45, 7) is 31.4. The fourth-order valence-corrected chi connectivity index (χ4v) is 3.16. The second-order valence-corrected chi connectivity index (χ2v) is 11.9. The van der Waals surface area contributed by atoms with Gasteiger partial charge in [0.15, 0.2) is 0 Å². The molecule has 0 amide bonds. The molecule has 0 aromatic rings.